The van der Waals surface area contributed by atoms with E-state index in [1.807, 2.05) is 35.3 Å². The van der Waals surface area contributed by atoms with Crippen LogP contribution in [0.4, 0.5) is 0 Å². The van der Waals surface area contributed by atoms with E-state index in [-0.39, 0.29) is 5.91 Å². The highest BCUT2D eigenvalue weighted by atomic mass is 32.1. The quantitative estimate of drug-likeness (QED) is 0.557. The van der Waals surface area contributed by atoms with Crippen molar-refractivity contribution in [2.24, 2.45) is 0 Å². The second-order valence-electron chi connectivity index (χ2n) is 6.17. The van der Waals surface area contributed by atoms with Crippen molar-refractivity contribution in [3.63, 3.8) is 0 Å². The van der Waals surface area contributed by atoms with Crippen LogP contribution in [-0.4, -0.2) is 37.0 Å². The zero-order chi connectivity index (χ0) is 18.6. The summed E-state index contributed by atoms with van der Waals surface area (Å²) in [4.78, 5) is 30.8. The molecule has 0 aliphatic rings. The molecule has 0 aromatic carbocycles. The summed E-state index contributed by atoms with van der Waals surface area (Å²) in [5, 5.41) is 2.93. The first-order chi connectivity index (χ1) is 13.2. The van der Waals surface area contributed by atoms with Crippen LogP contribution in [-0.2, 0) is 13.0 Å². The van der Waals surface area contributed by atoms with Gasteiger partial charge in [0, 0.05) is 36.4 Å². The predicted molar refractivity (Wildman–Crippen MR) is 104 cm³/mol. The Kier molecular flexibility index (Phi) is 4.88. The van der Waals surface area contributed by atoms with Crippen LogP contribution in [0.5, 0.6) is 0 Å². The molecule has 1 N–H and O–H groups in total. The summed E-state index contributed by atoms with van der Waals surface area (Å²) < 4.78 is 1.95. The highest BCUT2D eigenvalue weighted by Crippen LogP contribution is 2.14. The molecule has 0 aliphatic heterocycles. The minimum atomic E-state index is -0.145. The number of carbonyl (C=O) groups is 1. The van der Waals surface area contributed by atoms with Gasteiger partial charge < -0.3 is 9.88 Å². The zero-order valence-corrected chi connectivity index (χ0v) is 15.6. The van der Waals surface area contributed by atoms with Crippen molar-refractivity contribution in [2.45, 2.75) is 19.9 Å². The molecule has 0 saturated heterocycles. The van der Waals surface area contributed by atoms with Crippen LogP contribution in [0.2, 0.25) is 0 Å². The molecule has 4 rings (SSSR count). The molecule has 0 atom stereocenters. The van der Waals surface area contributed by atoms with Gasteiger partial charge in [0.15, 0.2) is 5.65 Å². The summed E-state index contributed by atoms with van der Waals surface area (Å²) in [6.07, 6.45) is 7.67. The fourth-order valence-corrected chi connectivity index (χ4v) is 3.62. The van der Waals surface area contributed by atoms with Crippen molar-refractivity contribution in [3.05, 3.63) is 70.3 Å². The first-order valence-electron chi connectivity index (χ1n) is 8.57. The maximum absolute atomic E-state index is 12.4. The molecule has 0 unspecified atom stereocenters. The van der Waals surface area contributed by atoms with Crippen molar-refractivity contribution in [3.8, 4) is 0 Å². The van der Waals surface area contributed by atoms with Gasteiger partial charge in [0.1, 0.15) is 5.52 Å². The van der Waals surface area contributed by atoms with E-state index < -0.39 is 0 Å². The molecular weight excluding hydrogens is 360 g/mol. The van der Waals surface area contributed by atoms with Gasteiger partial charge in [-0.2, -0.15) is 0 Å². The number of nitrogens with one attached hydrogen (secondary N) is 1. The van der Waals surface area contributed by atoms with E-state index in [1.165, 1.54) is 4.88 Å². The van der Waals surface area contributed by atoms with Crippen LogP contribution in [0.3, 0.4) is 0 Å². The van der Waals surface area contributed by atoms with Crippen LogP contribution in [0.15, 0.2) is 48.6 Å². The maximum Gasteiger partial charge on any atom is 0.252 e. The number of amides is 1. The van der Waals surface area contributed by atoms with Gasteiger partial charge >= 0.3 is 0 Å². The van der Waals surface area contributed by atoms with E-state index >= 15 is 0 Å². The van der Waals surface area contributed by atoms with Gasteiger partial charge in [-0.05, 0) is 24.6 Å². The number of fused-ring (bicyclic) bond motifs is 1. The van der Waals surface area contributed by atoms with Crippen LogP contribution >= 0.6 is 11.3 Å². The fourth-order valence-electron chi connectivity index (χ4n) is 2.83. The lowest BCUT2D eigenvalue weighted by atomic mass is 10.2. The first kappa shape index (κ1) is 17.3. The summed E-state index contributed by atoms with van der Waals surface area (Å²) in [5.41, 5.74) is 5.87. The van der Waals surface area contributed by atoms with Crippen LogP contribution in [0, 0.1) is 6.92 Å². The molecule has 0 aliphatic carbocycles. The minimum Gasteiger partial charge on any atom is -0.352 e. The number of aryl methyl sites for hydroxylation is 1. The molecule has 136 valence electrons. The predicted octanol–water partition coefficient (Wildman–Crippen LogP) is 2.61. The number of pyridine rings is 2. The number of rotatable bonds is 6. The maximum atomic E-state index is 12.4. The molecule has 0 radical (unpaired) electrons. The van der Waals surface area contributed by atoms with E-state index in [9.17, 15) is 4.79 Å². The van der Waals surface area contributed by atoms with Gasteiger partial charge in [-0.15, -0.1) is 11.3 Å². The van der Waals surface area contributed by atoms with E-state index in [0.29, 0.717) is 24.2 Å². The lowest BCUT2D eigenvalue weighted by Crippen LogP contribution is -2.25. The van der Waals surface area contributed by atoms with Crippen molar-refractivity contribution in [2.75, 3.05) is 6.54 Å². The lowest BCUT2D eigenvalue weighted by molar-refractivity contribution is 0.0954. The van der Waals surface area contributed by atoms with Crippen molar-refractivity contribution >= 4 is 28.4 Å². The Balaban J connectivity index is 1.44. The summed E-state index contributed by atoms with van der Waals surface area (Å²) in [7, 11) is 0. The first-order valence-corrected chi connectivity index (χ1v) is 9.45. The Morgan fingerprint density at radius 1 is 1.26 bits per heavy atom. The normalized spacial score (nSPS) is 11.0. The second kappa shape index (κ2) is 7.63. The number of aromatic nitrogens is 5. The molecule has 4 aromatic heterocycles. The van der Waals surface area contributed by atoms with Gasteiger partial charge in [0.2, 0.25) is 0 Å². The lowest BCUT2D eigenvalue weighted by Gasteiger charge is -2.06. The van der Waals surface area contributed by atoms with Crippen molar-refractivity contribution in [1.82, 2.24) is 29.8 Å². The number of nitrogens with zero attached hydrogens (tertiary/aromatic N) is 5. The Morgan fingerprint density at radius 2 is 2.19 bits per heavy atom. The van der Waals surface area contributed by atoms with E-state index in [0.717, 1.165) is 23.3 Å². The summed E-state index contributed by atoms with van der Waals surface area (Å²) >= 11 is 1.61. The molecule has 27 heavy (non-hydrogen) atoms. The van der Waals surface area contributed by atoms with Crippen molar-refractivity contribution < 1.29 is 4.79 Å². The number of carbonyl (C=O) groups excluding carboxylic acids is 1. The largest absolute Gasteiger partial charge is 0.352 e. The number of hydrogen-bond acceptors (Lipinski definition) is 6. The molecule has 1 amide bonds. The van der Waals surface area contributed by atoms with Gasteiger partial charge in [-0.3, -0.25) is 9.78 Å². The van der Waals surface area contributed by atoms with Gasteiger partial charge in [0.25, 0.3) is 5.91 Å². The Morgan fingerprint density at radius 3 is 2.96 bits per heavy atom. The minimum absolute atomic E-state index is 0.145. The molecule has 0 bridgehead atoms. The zero-order valence-electron chi connectivity index (χ0n) is 14.8. The molecule has 0 fully saturated rings. The highest BCUT2D eigenvalue weighted by Gasteiger charge is 2.11. The smallest absolute Gasteiger partial charge is 0.252 e. The number of imidazole rings is 1. The summed E-state index contributed by atoms with van der Waals surface area (Å²) in [6.45, 7) is 3.18. The standard InChI is InChI=1S/C19H18N6OS/c1-13-17(27-12-24-13)4-6-21-19(26)15-7-16-18(22-9-15)25(11-23-16)10-14-3-2-5-20-8-14/h2-3,5,7-9,11-12H,4,6,10H2,1H3,(H,21,26). The van der Waals surface area contributed by atoms with Crippen LogP contribution in [0.25, 0.3) is 11.2 Å². The summed E-state index contributed by atoms with van der Waals surface area (Å²) in [6, 6.07) is 5.68. The molecule has 4 heterocycles. The topological polar surface area (TPSA) is 85.6 Å². The van der Waals surface area contributed by atoms with Crippen LogP contribution in [0.1, 0.15) is 26.5 Å². The number of thiazole rings is 1. The average molecular weight is 378 g/mol. The molecule has 0 saturated carbocycles. The Labute approximate surface area is 160 Å². The third kappa shape index (κ3) is 3.85. The SMILES string of the molecule is Cc1ncsc1CCNC(=O)c1cnc2c(c1)ncn2Cc1cccnc1. The van der Waals surface area contributed by atoms with Gasteiger partial charge in [-0.25, -0.2) is 15.0 Å². The molecule has 8 heteroatoms. The fraction of sp³-hybridized carbons (Fsp3) is 0.211. The van der Waals surface area contributed by atoms with Crippen molar-refractivity contribution in [1.29, 1.82) is 0 Å². The Hall–Kier alpha value is -3.13. The molecule has 0 spiro atoms. The average Bonchev–Trinajstić information content (AvgIpc) is 3.28. The molecular formula is C19H18N6OS. The van der Waals surface area contributed by atoms with E-state index in [2.05, 4.69) is 25.3 Å². The monoisotopic (exact) mass is 378 g/mol. The molecule has 4 aromatic rings. The highest BCUT2D eigenvalue weighted by molar-refractivity contribution is 7.09. The number of hydrogen-bond donors (Lipinski definition) is 1. The van der Waals surface area contributed by atoms with Gasteiger partial charge in [0.05, 0.1) is 29.6 Å². The second-order valence-corrected chi connectivity index (χ2v) is 7.11. The summed E-state index contributed by atoms with van der Waals surface area (Å²) in [5.74, 6) is -0.145. The third-order valence-electron chi connectivity index (χ3n) is 4.28. The Bertz CT molecular complexity index is 1070. The van der Waals surface area contributed by atoms with E-state index in [4.69, 9.17) is 0 Å². The van der Waals surface area contributed by atoms with Crippen LogP contribution < -0.4 is 5.32 Å². The van der Waals surface area contributed by atoms with E-state index in [1.54, 1.807) is 36.1 Å². The third-order valence-corrected chi connectivity index (χ3v) is 5.27. The molecule has 7 nitrogen and oxygen atoms in total. The van der Waals surface area contributed by atoms with Gasteiger partial charge in [-0.1, -0.05) is 6.07 Å².